The van der Waals surface area contributed by atoms with Crippen LogP contribution in [0, 0.1) is 13.8 Å². The molecule has 0 fully saturated rings. The molecule has 4 rings (SSSR count). The second-order valence-corrected chi connectivity index (χ2v) is 10.4. The molecule has 0 aliphatic heterocycles. The number of nitrogens with two attached hydrogens (primary N) is 1. The van der Waals surface area contributed by atoms with Gasteiger partial charge < -0.3 is 10.1 Å². The second kappa shape index (κ2) is 9.46. The number of thiophene rings is 1. The number of nitrogens with zero attached hydrogens (tertiary/aromatic N) is 2. The highest BCUT2D eigenvalue weighted by Gasteiger charge is 2.18. The summed E-state index contributed by atoms with van der Waals surface area (Å²) >= 11 is 1.66. The highest BCUT2D eigenvalue weighted by Crippen LogP contribution is 2.41. The van der Waals surface area contributed by atoms with Gasteiger partial charge in [0, 0.05) is 17.0 Å². The summed E-state index contributed by atoms with van der Waals surface area (Å²) in [6.45, 7) is 7.23. The van der Waals surface area contributed by atoms with Gasteiger partial charge in [-0.3, -0.25) is 0 Å². The summed E-state index contributed by atoms with van der Waals surface area (Å²) in [7, 11) is -3.69. The molecule has 0 saturated carbocycles. The molecular weight excluding hydrogens is 456 g/mol. The van der Waals surface area contributed by atoms with Crippen LogP contribution in [0.25, 0.3) is 21.3 Å². The minimum absolute atomic E-state index is 0.112. The molecule has 0 aliphatic carbocycles. The Morgan fingerprint density at radius 2 is 1.73 bits per heavy atom. The summed E-state index contributed by atoms with van der Waals surface area (Å²) in [4.78, 5) is 11.6. The zero-order valence-corrected chi connectivity index (χ0v) is 20.4. The zero-order chi connectivity index (χ0) is 23.6. The number of hydrogen-bond acceptors (Lipinski definition) is 7. The molecular formula is C24H26N4O3S2. The van der Waals surface area contributed by atoms with Gasteiger partial charge in [-0.1, -0.05) is 24.3 Å². The number of benzene rings is 2. The van der Waals surface area contributed by atoms with E-state index < -0.39 is 10.0 Å². The molecule has 0 unspecified atom stereocenters. The van der Waals surface area contributed by atoms with Crippen LogP contribution >= 0.6 is 11.3 Å². The van der Waals surface area contributed by atoms with E-state index in [4.69, 9.17) is 9.88 Å². The number of sulfonamides is 1. The van der Waals surface area contributed by atoms with Gasteiger partial charge in [-0.15, -0.1) is 11.3 Å². The number of hydrogen-bond donors (Lipinski definition) is 2. The third kappa shape index (κ3) is 5.16. The predicted octanol–water partition coefficient (Wildman–Crippen LogP) is 4.68. The first-order chi connectivity index (χ1) is 15.8. The molecule has 0 atom stereocenters. The minimum atomic E-state index is -3.69. The van der Waals surface area contributed by atoms with Gasteiger partial charge in [-0.2, -0.15) is 0 Å². The summed E-state index contributed by atoms with van der Waals surface area (Å²) in [5.74, 6) is 2.35. The van der Waals surface area contributed by atoms with Crippen LogP contribution in [0.3, 0.4) is 0 Å². The maximum absolute atomic E-state index is 11.4. The van der Waals surface area contributed by atoms with E-state index in [0.717, 1.165) is 38.5 Å². The van der Waals surface area contributed by atoms with E-state index in [2.05, 4.69) is 34.3 Å². The van der Waals surface area contributed by atoms with E-state index in [1.54, 1.807) is 23.5 Å². The van der Waals surface area contributed by atoms with Crippen LogP contribution in [0.15, 0.2) is 53.4 Å². The molecule has 4 aromatic rings. The Morgan fingerprint density at radius 3 is 2.36 bits per heavy atom. The first kappa shape index (κ1) is 23.2. The number of nitrogens with one attached hydrogen (secondary N) is 1. The molecule has 2 aromatic heterocycles. The quantitative estimate of drug-likeness (QED) is 0.378. The summed E-state index contributed by atoms with van der Waals surface area (Å²) in [5.41, 5.74) is 3.22. The molecule has 0 spiro atoms. The van der Waals surface area contributed by atoms with Gasteiger partial charge in [-0.05, 0) is 62.6 Å². The highest BCUT2D eigenvalue weighted by molar-refractivity contribution is 7.89. The summed E-state index contributed by atoms with van der Waals surface area (Å²) in [5, 5.41) is 9.65. The van der Waals surface area contributed by atoms with Crippen LogP contribution in [-0.4, -0.2) is 31.5 Å². The molecule has 0 bridgehead atoms. The fraction of sp³-hybridized carbons (Fsp3) is 0.250. The Labute approximate surface area is 197 Å². The monoisotopic (exact) mass is 482 g/mol. The van der Waals surface area contributed by atoms with E-state index in [1.807, 2.05) is 26.0 Å². The lowest BCUT2D eigenvalue weighted by Crippen LogP contribution is -2.12. The molecule has 2 heterocycles. The lowest BCUT2D eigenvalue weighted by Gasteiger charge is -2.11. The average molecular weight is 483 g/mol. The van der Waals surface area contributed by atoms with E-state index >= 15 is 0 Å². The van der Waals surface area contributed by atoms with Gasteiger partial charge in [0.15, 0.2) is 0 Å². The summed E-state index contributed by atoms with van der Waals surface area (Å²) in [6, 6.07) is 14.7. The van der Waals surface area contributed by atoms with Crippen molar-refractivity contribution >= 4 is 37.4 Å². The Balaban J connectivity index is 1.61. The number of primary sulfonamides is 1. The van der Waals surface area contributed by atoms with Crippen molar-refractivity contribution in [1.82, 2.24) is 9.97 Å². The smallest absolute Gasteiger partial charge is 0.238 e. The third-order valence-electron chi connectivity index (χ3n) is 5.25. The van der Waals surface area contributed by atoms with E-state index in [1.165, 1.54) is 17.0 Å². The van der Waals surface area contributed by atoms with Crippen LogP contribution in [-0.2, 0) is 16.4 Å². The average Bonchev–Trinajstić information content (AvgIpc) is 3.10. The van der Waals surface area contributed by atoms with Gasteiger partial charge in [-0.25, -0.2) is 23.5 Å². The number of anilines is 1. The molecule has 9 heteroatoms. The van der Waals surface area contributed by atoms with Crippen molar-refractivity contribution in [2.75, 3.05) is 18.5 Å². The summed E-state index contributed by atoms with van der Waals surface area (Å²) < 4.78 is 28.5. The van der Waals surface area contributed by atoms with Gasteiger partial charge in [0.05, 0.1) is 16.9 Å². The normalized spacial score (nSPS) is 11.6. The van der Waals surface area contributed by atoms with Gasteiger partial charge in [0.25, 0.3) is 0 Å². The zero-order valence-electron chi connectivity index (χ0n) is 18.8. The van der Waals surface area contributed by atoms with Crippen molar-refractivity contribution in [1.29, 1.82) is 0 Å². The number of aryl methyl sites for hydroxylation is 2. The SMILES string of the molecule is CCOc1ccc(-c2c(C)sc3nc(C)nc(NCCc4ccc(S(N)(=O)=O)cc4)c23)cc1. The number of rotatable bonds is 8. The maximum atomic E-state index is 11.4. The van der Waals surface area contributed by atoms with Crippen LogP contribution in [0.1, 0.15) is 23.2 Å². The van der Waals surface area contributed by atoms with Crippen molar-refractivity contribution in [2.24, 2.45) is 5.14 Å². The summed E-state index contributed by atoms with van der Waals surface area (Å²) in [6.07, 6.45) is 0.705. The topological polar surface area (TPSA) is 107 Å². The molecule has 7 nitrogen and oxygen atoms in total. The van der Waals surface area contributed by atoms with Crippen LogP contribution in [0.5, 0.6) is 5.75 Å². The number of fused-ring (bicyclic) bond motifs is 1. The van der Waals surface area contributed by atoms with E-state index in [-0.39, 0.29) is 4.90 Å². The Hall–Kier alpha value is -3.01. The molecule has 3 N–H and O–H groups in total. The maximum Gasteiger partial charge on any atom is 0.238 e. The van der Waals surface area contributed by atoms with Crippen LogP contribution in [0.4, 0.5) is 5.82 Å². The van der Waals surface area contributed by atoms with Crippen molar-refractivity contribution in [3.05, 3.63) is 64.8 Å². The Morgan fingerprint density at radius 1 is 1.03 bits per heavy atom. The van der Waals surface area contributed by atoms with Crippen LogP contribution in [0.2, 0.25) is 0 Å². The van der Waals surface area contributed by atoms with Gasteiger partial charge in [0.1, 0.15) is 22.2 Å². The molecule has 2 aromatic carbocycles. The van der Waals surface area contributed by atoms with Crippen molar-refractivity contribution < 1.29 is 13.2 Å². The minimum Gasteiger partial charge on any atom is -0.494 e. The van der Waals surface area contributed by atoms with Gasteiger partial charge >= 0.3 is 0 Å². The van der Waals surface area contributed by atoms with Crippen molar-refractivity contribution in [2.45, 2.75) is 32.1 Å². The lowest BCUT2D eigenvalue weighted by molar-refractivity contribution is 0.340. The standard InChI is InChI=1S/C24H26N4O3S2/c1-4-31-19-9-7-18(8-10-19)21-15(2)32-24-22(21)23(27-16(3)28-24)26-14-13-17-5-11-20(12-6-17)33(25,29)30/h5-12H,4,13-14H2,1-3H3,(H2,25,29,30)(H,26,27,28). The largest absolute Gasteiger partial charge is 0.494 e. The molecule has 172 valence electrons. The second-order valence-electron chi connectivity index (χ2n) is 7.66. The van der Waals surface area contributed by atoms with E-state index in [0.29, 0.717) is 25.4 Å². The molecule has 33 heavy (non-hydrogen) atoms. The molecule has 0 amide bonds. The van der Waals surface area contributed by atoms with Gasteiger partial charge in [0.2, 0.25) is 10.0 Å². The first-order valence-electron chi connectivity index (χ1n) is 10.6. The number of ether oxygens (including phenoxy) is 1. The fourth-order valence-corrected chi connectivity index (χ4v) is 5.36. The first-order valence-corrected chi connectivity index (χ1v) is 13.0. The van der Waals surface area contributed by atoms with E-state index in [9.17, 15) is 8.42 Å². The third-order valence-corrected chi connectivity index (χ3v) is 7.18. The van der Waals surface area contributed by atoms with Crippen LogP contribution < -0.4 is 15.2 Å². The molecule has 0 saturated heterocycles. The van der Waals surface area contributed by atoms with Crippen molar-refractivity contribution in [3.63, 3.8) is 0 Å². The highest BCUT2D eigenvalue weighted by atomic mass is 32.2. The Bertz CT molecular complexity index is 1380. The van der Waals surface area contributed by atoms with Crippen molar-refractivity contribution in [3.8, 4) is 16.9 Å². The molecule has 0 radical (unpaired) electrons. The lowest BCUT2D eigenvalue weighted by atomic mass is 10.0. The fourth-order valence-electron chi connectivity index (χ4n) is 3.75. The number of aromatic nitrogens is 2. The Kier molecular flexibility index (Phi) is 6.64. The molecule has 0 aliphatic rings. The predicted molar refractivity (Wildman–Crippen MR) is 134 cm³/mol.